The Kier molecular flexibility index (Phi) is 10.4. The third kappa shape index (κ3) is 8.03. The highest BCUT2D eigenvalue weighted by Crippen LogP contribution is 2.48. The van der Waals surface area contributed by atoms with Crippen LogP contribution in [0.15, 0.2) is 21.9 Å². The van der Waals surface area contributed by atoms with Gasteiger partial charge in [0.1, 0.15) is 30.4 Å². The number of esters is 2. The van der Waals surface area contributed by atoms with Crippen LogP contribution >= 0.6 is 7.67 Å². The van der Waals surface area contributed by atoms with Crippen LogP contribution < -0.4 is 21.4 Å². The molecule has 1 aromatic rings. The number of rotatable bonds is 12. The number of carbonyl (C=O) groups is 2. The summed E-state index contributed by atoms with van der Waals surface area (Å²) < 4.78 is 50.8. The standard InChI is InChI=1S/C22H36FN4O11P/c1-11(2)36-16(29)13(5)25-39(34,26-14(6)17(30)37-12(3)4)35-10-22(23)18(31)21(7,33)19(38-22)27-9-8-15(28)24-20(27)32/h8-9,11-14,18-19,31,33H,10H2,1-7H3,(H,24,28,32)(H2,25,26,34). The van der Waals surface area contributed by atoms with Crippen LogP contribution in [-0.4, -0.2) is 80.2 Å². The topological polar surface area (TPSA) is 208 Å². The van der Waals surface area contributed by atoms with Crippen LogP contribution in [0.5, 0.6) is 0 Å². The molecule has 17 heteroatoms. The quantitative estimate of drug-likeness (QED) is 0.160. The number of aromatic amines is 1. The fourth-order valence-electron chi connectivity index (χ4n) is 3.58. The third-order valence-corrected chi connectivity index (χ3v) is 7.40. The van der Waals surface area contributed by atoms with Gasteiger partial charge in [-0.15, -0.1) is 0 Å². The van der Waals surface area contributed by atoms with Gasteiger partial charge >= 0.3 is 25.3 Å². The fourth-order valence-corrected chi connectivity index (χ4v) is 5.39. The minimum absolute atomic E-state index is 0.512. The third-order valence-electron chi connectivity index (χ3n) is 5.45. The summed E-state index contributed by atoms with van der Waals surface area (Å²) in [5.41, 5.74) is -4.26. The van der Waals surface area contributed by atoms with Gasteiger partial charge in [-0.3, -0.25) is 33.0 Å². The van der Waals surface area contributed by atoms with Crippen molar-refractivity contribution in [1.82, 2.24) is 19.7 Å². The largest absolute Gasteiger partial charge is 0.462 e. The number of aromatic nitrogens is 2. The summed E-state index contributed by atoms with van der Waals surface area (Å²) in [6.07, 6.45) is -4.29. The van der Waals surface area contributed by atoms with Gasteiger partial charge in [-0.1, -0.05) is 0 Å². The van der Waals surface area contributed by atoms with Gasteiger partial charge in [0.25, 0.3) is 11.4 Å². The van der Waals surface area contributed by atoms with Crippen LogP contribution in [0.1, 0.15) is 54.7 Å². The number of carbonyl (C=O) groups excluding carboxylic acids is 2. The van der Waals surface area contributed by atoms with E-state index < -0.39 is 85.5 Å². The first kappa shape index (κ1) is 32.8. The smallest absolute Gasteiger partial charge is 0.342 e. The minimum Gasteiger partial charge on any atom is -0.462 e. The Balaban J connectivity index is 2.33. The van der Waals surface area contributed by atoms with Crippen LogP contribution in [-0.2, 0) is 32.9 Å². The summed E-state index contributed by atoms with van der Waals surface area (Å²) in [6.45, 7) is 8.59. The summed E-state index contributed by atoms with van der Waals surface area (Å²) in [4.78, 5) is 50.1. The number of ether oxygens (including phenoxy) is 3. The van der Waals surface area contributed by atoms with E-state index in [2.05, 4.69) is 10.2 Å². The number of hydrogen-bond donors (Lipinski definition) is 5. The van der Waals surface area contributed by atoms with Crippen LogP contribution in [0, 0.1) is 0 Å². The lowest BCUT2D eigenvalue weighted by atomic mass is 9.95. The molecule has 5 N–H and O–H groups in total. The summed E-state index contributed by atoms with van der Waals surface area (Å²) in [7, 11) is -4.53. The summed E-state index contributed by atoms with van der Waals surface area (Å²) in [5, 5.41) is 26.1. The summed E-state index contributed by atoms with van der Waals surface area (Å²) in [6, 6.07) is -1.64. The number of aliphatic hydroxyl groups excluding tert-OH is 1. The van der Waals surface area contributed by atoms with E-state index in [4.69, 9.17) is 18.7 Å². The molecule has 1 aliphatic heterocycles. The number of alkyl halides is 1. The van der Waals surface area contributed by atoms with E-state index in [9.17, 15) is 34.0 Å². The Morgan fingerprint density at radius 1 is 1.13 bits per heavy atom. The normalized spacial score (nSPS) is 28.2. The van der Waals surface area contributed by atoms with Crippen LogP contribution in [0.3, 0.4) is 0 Å². The van der Waals surface area contributed by atoms with Crippen molar-refractivity contribution in [3.8, 4) is 0 Å². The van der Waals surface area contributed by atoms with Gasteiger partial charge in [0.15, 0.2) is 6.23 Å². The van der Waals surface area contributed by atoms with Gasteiger partial charge < -0.3 is 24.4 Å². The molecule has 1 aliphatic rings. The molecule has 0 saturated carbocycles. The molecule has 0 radical (unpaired) electrons. The second-order valence-corrected chi connectivity index (χ2v) is 11.8. The first-order valence-electron chi connectivity index (χ1n) is 12.1. The van der Waals surface area contributed by atoms with Crippen molar-refractivity contribution in [3.05, 3.63) is 33.1 Å². The number of halogens is 1. The Morgan fingerprint density at radius 3 is 2.05 bits per heavy atom. The predicted octanol–water partition coefficient (Wildman–Crippen LogP) is -0.173. The predicted molar refractivity (Wildman–Crippen MR) is 133 cm³/mol. The molecule has 0 spiro atoms. The maximum Gasteiger partial charge on any atom is 0.342 e. The van der Waals surface area contributed by atoms with Gasteiger partial charge in [0, 0.05) is 12.3 Å². The second kappa shape index (κ2) is 12.4. The number of nitrogens with one attached hydrogen (secondary N) is 3. The molecule has 2 rings (SSSR count). The molecule has 15 nitrogen and oxygen atoms in total. The van der Waals surface area contributed by atoms with Crippen molar-refractivity contribution in [3.63, 3.8) is 0 Å². The Bertz CT molecular complexity index is 1170. The monoisotopic (exact) mass is 582 g/mol. The van der Waals surface area contributed by atoms with Crippen LogP contribution in [0.2, 0.25) is 0 Å². The highest BCUT2D eigenvalue weighted by atomic mass is 31.2. The summed E-state index contributed by atoms with van der Waals surface area (Å²) in [5.74, 6) is -4.92. The molecule has 6 unspecified atom stereocenters. The van der Waals surface area contributed by atoms with Gasteiger partial charge in [-0.2, -0.15) is 0 Å². The molecule has 0 bridgehead atoms. The number of nitrogens with zero attached hydrogens (tertiary/aromatic N) is 1. The summed E-state index contributed by atoms with van der Waals surface area (Å²) >= 11 is 0. The zero-order chi connectivity index (χ0) is 29.9. The Labute approximate surface area is 223 Å². The molecule has 6 atom stereocenters. The van der Waals surface area contributed by atoms with E-state index in [0.29, 0.717) is 4.57 Å². The average molecular weight is 583 g/mol. The van der Waals surface area contributed by atoms with Crippen molar-refractivity contribution in [2.45, 2.75) is 96.5 Å². The second-order valence-electron chi connectivity index (χ2n) is 9.90. The molecule has 0 aliphatic carbocycles. The molecule has 39 heavy (non-hydrogen) atoms. The lowest BCUT2D eigenvalue weighted by Crippen LogP contribution is -2.50. The number of aliphatic hydroxyl groups is 2. The van der Waals surface area contributed by atoms with Crippen molar-refractivity contribution < 1.29 is 47.5 Å². The Hall–Kier alpha value is -2.46. The zero-order valence-electron chi connectivity index (χ0n) is 22.7. The number of hydrogen-bond acceptors (Lipinski definition) is 11. The molecule has 222 valence electrons. The van der Waals surface area contributed by atoms with Crippen molar-refractivity contribution >= 4 is 19.6 Å². The highest BCUT2D eigenvalue weighted by molar-refractivity contribution is 7.54. The maximum absolute atomic E-state index is 15.9. The van der Waals surface area contributed by atoms with E-state index in [-0.39, 0.29) is 0 Å². The van der Waals surface area contributed by atoms with Gasteiger partial charge in [0.2, 0.25) is 0 Å². The lowest BCUT2D eigenvalue weighted by molar-refractivity contribution is -0.203. The molecule has 0 amide bonds. The van der Waals surface area contributed by atoms with Crippen molar-refractivity contribution in [2.75, 3.05) is 6.61 Å². The van der Waals surface area contributed by atoms with E-state index in [1.807, 2.05) is 4.98 Å². The minimum atomic E-state index is -4.53. The van der Waals surface area contributed by atoms with Crippen molar-refractivity contribution in [2.24, 2.45) is 0 Å². The maximum atomic E-state index is 15.9. The van der Waals surface area contributed by atoms with E-state index >= 15 is 4.39 Å². The zero-order valence-corrected chi connectivity index (χ0v) is 23.6. The first-order chi connectivity index (χ1) is 17.8. The molecule has 1 fully saturated rings. The SMILES string of the molecule is CC(C)OC(=O)C(C)NP(=O)(NC(C)C(=O)OC(C)C)OCC1(F)OC(n2ccc(=O)[nH]c2=O)C(C)(O)C1O. The van der Waals surface area contributed by atoms with Crippen molar-refractivity contribution in [1.29, 1.82) is 0 Å². The molecule has 1 saturated heterocycles. The highest BCUT2D eigenvalue weighted by Gasteiger charge is 2.63. The lowest BCUT2D eigenvalue weighted by Gasteiger charge is -2.30. The average Bonchev–Trinajstić information content (AvgIpc) is 2.97. The first-order valence-corrected chi connectivity index (χ1v) is 13.7. The van der Waals surface area contributed by atoms with Gasteiger partial charge in [-0.05, 0) is 48.5 Å². The van der Waals surface area contributed by atoms with Gasteiger partial charge in [-0.25, -0.2) is 19.4 Å². The van der Waals surface area contributed by atoms with Crippen LogP contribution in [0.25, 0.3) is 0 Å². The van der Waals surface area contributed by atoms with E-state index in [0.717, 1.165) is 19.2 Å². The molecular formula is C22H36FN4O11P. The molecular weight excluding hydrogens is 546 g/mol. The van der Waals surface area contributed by atoms with Gasteiger partial charge in [0.05, 0.1) is 12.2 Å². The van der Waals surface area contributed by atoms with E-state index in [1.54, 1.807) is 27.7 Å². The van der Waals surface area contributed by atoms with E-state index in [1.165, 1.54) is 13.8 Å². The molecule has 2 heterocycles. The molecule has 1 aromatic heterocycles. The van der Waals surface area contributed by atoms with Crippen LogP contribution in [0.4, 0.5) is 4.39 Å². The molecule has 0 aromatic carbocycles. The fraction of sp³-hybridized carbons (Fsp3) is 0.727. The number of H-pyrrole nitrogens is 1. The Morgan fingerprint density at radius 2 is 1.62 bits per heavy atom.